The van der Waals surface area contributed by atoms with Gasteiger partial charge in [-0.3, -0.25) is 9.55 Å². The Kier molecular flexibility index (Phi) is 2.68. The molecule has 0 aromatic carbocycles. The van der Waals surface area contributed by atoms with E-state index in [0.29, 0.717) is 11.5 Å². The van der Waals surface area contributed by atoms with Crippen LogP contribution in [-0.2, 0) is 0 Å². The van der Waals surface area contributed by atoms with Crippen molar-refractivity contribution >= 4 is 5.82 Å². The van der Waals surface area contributed by atoms with E-state index in [1.807, 2.05) is 0 Å². The molecule has 0 unspecified atom stereocenters. The van der Waals surface area contributed by atoms with E-state index in [-0.39, 0.29) is 0 Å². The van der Waals surface area contributed by atoms with Gasteiger partial charge in [-0.15, -0.1) is 0 Å². The quantitative estimate of drug-likeness (QED) is 0.760. The molecule has 0 atom stereocenters. The maximum absolute atomic E-state index is 13.8. The SMILES string of the molecule is Nc1cc(-c2cncn2-c2ccncc2F)ccn1. The van der Waals surface area contributed by atoms with E-state index in [9.17, 15) is 4.39 Å². The Morgan fingerprint density at radius 1 is 1.11 bits per heavy atom. The summed E-state index contributed by atoms with van der Waals surface area (Å²) in [4.78, 5) is 11.7. The first kappa shape index (κ1) is 11.3. The van der Waals surface area contributed by atoms with Crippen molar-refractivity contribution in [2.45, 2.75) is 0 Å². The average molecular weight is 255 g/mol. The zero-order valence-corrected chi connectivity index (χ0v) is 9.86. The first-order chi connectivity index (χ1) is 9.25. The monoisotopic (exact) mass is 255 g/mol. The van der Waals surface area contributed by atoms with Gasteiger partial charge in [0.2, 0.25) is 0 Å². The second-order valence-corrected chi connectivity index (χ2v) is 3.95. The average Bonchev–Trinajstić information content (AvgIpc) is 2.88. The second kappa shape index (κ2) is 4.49. The van der Waals surface area contributed by atoms with E-state index >= 15 is 0 Å². The highest BCUT2D eigenvalue weighted by atomic mass is 19.1. The van der Waals surface area contributed by atoms with Crippen LogP contribution < -0.4 is 5.73 Å². The Labute approximate surface area is 108 Å². The molecule has 0 aliphatic heterocycles. The van der Waals surface area contributed by atoms with E-state index in [4.69, 9.17) is 5.73 Å². The minimum Gasteiger partial charge on any atom is -0.384 e. The van der Waals surface area contributed by atoms with Crippen molar-refractivity contribution in [3.05, 3.63) is 55.1 Å². The third kappa shape index (κ3) is 2.03. The van der Waals surface area contributed by atoms with Crippen LogP contribution >= 0.6 is 0 Å². The minimum absolute atomic E-state index is 0.387. The Hall–Kier alpha value is -2.76. The van der Waals surface area contributed by atoms with Crippen molar-refractivity contribution in [3.8, 4) is 16.9 Å². The summed E-state index contributed by atoms with van der Waals surface area (Å²) in [5.41, 5.74) is 7.60. The summed E-state index contributed by atoms with van der Waals surface area (Å²) < 4.78 is 15.4. The lowest BCUT2D eigenvalue weighted by Crippen LogP contribution is -1.99. The van der Waals surface area contributed by atoms with Crippen LogP contribution in [-0.4, -0.2) is 19.5 Å². The molecule has 94 valence electrons. The molecular formula is C13H10FN5. The molecule has 0 bridgehead atoms. The molecule has 0 saturated heterocycles. The minimum atomic E-state index is -0.413. The van der Waals surface area contributed by atoms with Gasteiger partial charge in [-0.25, -0.2) is 14.4 Å². The molecule has 3 aromatic rings. The molecule has 0 aliphatic carbocycles. The van der Waals surface area contributed by atoms with Gasteiger partial charge in [0.1, 0.15) is 5.82 Å². The molecule has 0 amide bonds. The highest BCUT2D eigenvalue weighted by Gasteiger charge is 2.10. The lowest BCUT2D eigenvalue weighted by Gasteiger charge is -2.09. The van der Waals surface area contributed by atoms with Crippen LogP contribution in [0.1, 0.15) is 0 Å². The molecule has 19 heavy (non-hydrogen) atoms. The fourth-order valence-corrected chi connectivity index (χ4v) is 1.87. The predicted molar refractivity (Wildman–Crippen MR) is 69.0 cm³/mol. The first-order valence-electron chi connectivity index (χ1n) is 5.60. The number of nitrogens with zero attached hydrogens (tertiary/aromatic N) is 4. The number of anilines is 1. The van der Waals surface area contributed by atoms with Crippen molar-refractivity contribution in [1.29, 1.82) is 0 Å². The topological polar surface area (TPSA) is 69.6 Å². The maximum Gasteiger partial charge on any atom is 0.165 e. The number of halogens is 1. The van der Waals surface area contributed by atoms with Gasteiger partial charge in [0.15, 0.2) is 5.82 Å². The van der Waals surface area contributed by atoms with E-state index < -0.39 is 5.82 Å². The molecule has 0 aliphatic rings. The zero-order valence-electron chi connectivity index (χ0n) is 9.86. The summed E-state index contributed by atoms with van der Waals surface area (Å²) in [6.45, 7) is 0. The highest BCUT2D eigenvalue weighted by molar-refractivity contribution is 5.64. The van der Waals surface area contributed by atoms with Crippen LogP contribution in [0.2, 0.25) is 0 Å². The summed E-state index contributed by atoms with van der Waals surface area (Å²) in [6.07, 6.45) is 7.49. The van der Waals surface area contributed by atoms with Gasteiger partial charge in [0.05, 0.1) is 30.1 Å². The summed E-state index contributed by atoms with van der Waals surface area (Å²) in [5, 5.41) is 0. The van der Waals surface area contributed by atoms with E-state index in [1.165, 1.54) is 12.4 Å². The Bertz CT molecular complexity index is 722. The van der Waals surface area contributed by atoms with Gasteiger partial charge in [0, 0.05) is 18.0 Å². The fraction of sp³-hybridized carbons (Fsp3) is 0. The zero-order chi connectivity index (χ0) is 13.2. The molecule has 6 heteroatoms. The van der Waals surface area contributed by atoms with E-state index in [1.54, 1.807) is 41.5 Å². The van der Waals surface area contributed by atoms with Gasteiger partial charge < -0.3 is 5.73 Å². The smallest absolute Gasteiger partial charge is 0.165 e. The number of imidazole rings is 1. The van der Waals surface area contributed by atoms with Gasteiger partial charge in [-0.2, -0.15) is 0 Å². The van der Waals surface area contributed by atoms with Gasteiger partial charge in [-0.05, 0) is 18.2 Å². The predicted octanol–water partition coefficient (Wildman–Crippen LogP) is 2.05. The molecule has 5 nitrogen and oxygen atoms in total. The fourth-order valence-electron chi connectivity index (χ4n) is 1.87. The van der Waals surface area contributed by atoms with Crippen LogP contribution in [0, 0.1) is 5.82 Å². The maximum atomic E-state index is 13.8. The molecule has 2 N–H and O–H groups in total. The normalized spacial score (nSPS) is 10.6. The third-order valence-corrected chi connectivity index (χ3v) is 2.73. The number of aromatic nitrogens is 4. The van der Waals surface area contributed by atoms with Crippen molar-refractivity contribution in [2.75, 3.05) is 5.73 Å². The highest BCUT2D eigenvalue weighted by Crippen LogP contribution is 2.24. The molecular weight excluding hydrogens is 245 g/mol. The van der Waals surface area contributed by atoms with Crippen molar-refractivity contribution in [2.24, 2.45) is 0 Å². The summed E-state index contributed by atoms with van der Waals surface area (Å²) >= 11 is 0. The molecule has 3 rings (SSSR count). The Morgan fingerprint density at radius 3 is 2.79 bits per heavy atom. The van der Waals surface area contributed by atoms with E-state index in [2.05, 4.69) is 15.0 Å². The van der Waals surface area contributed by atoms with Crippen LogP contribution in [0.5, 0.6) is 0 Å². The Morgan fingerprint density at radius 2 is 2.00 bits per heavy atom. The van der Waals surface area contributed by atoms with Crippen LogP contribution in [0.25, 0.3) is 16.9 Å². The van der Waals surface area contributed by atoms with Gasteiger partial charge in [-0.1, -0.05) is 0 Å². The molecule has 3 heterocycles. The van der Waals surface area contributed by atoms with Crippen molar-refractivity contribution in [1.82, 2.24) is 19.5 Å². The van der Waals surface area contributed by atoms with Crippen LogP contribution in [0.4, 0.5) is 10.2 Å². The van der Waals surface area contributed by atoms with Crippen molar-refractivity contribution in [3.63, 3.8) is 0 Å². The largest absolute Gasteiger partial charge is 0.384 e. The molecule has 0 radical (unpaired) electrons. The molecule has 0 spiro atoms. The first-order valence-corrected chi connectivity index (χ1v) is 5.60. The van der Waals surface area contributed by atoms with Crippen LogP contribution in [0.3, 0.4) is 0 Å². The van der Waals surface area contributed by atoms with E-state index in [0.717, 1.165) is 11.3 Å². The lowest BCUT2D eigenvalue weighted by molar-refractivity contribution is 0.612. The number of nitrogen functional groups attached to an aromatic ring is 1. The number of rotatable bonds is 2. The second-order valence-electron chi connectivity index (χ2n) is 3.95. The standard InChI is InChI=1S/C13H10FN5/c14-10-6-16-3-2-11(10)19-8-17-7-12(19)9-1-4-18-13(15)5-9/h1-8H,(H2,15,18). The Balaban J connectivity index is 2.16. The van der Waals surface area contributed by atoms with Gasteiger partial charge >= 0.3 is 0 Å². The van der Waals surface area contributed by atoms with Gasteiger partial charge in [0.25, 0.3) is 0 Å². The summed E-state index contributed by atoms with van der Waals surface area (Å²) in [7, 11) is 0. The molecule has 0 fully saturated rings. The number of nitrogens with two attached hydrogens (primary N) is 1. The number of hydrogen-bond donors (Lipinski definition) is 1. The lowest BCUT2D eigenvalue weighted by atomic mass is 10.2. The summed E-state index contributed by atoms with van der Waals surface area (Å²) in [6, 6.07) is 5.10. The van der Waals surface area contributed by atoms with Crippen LogP contribution in [0.15, 0.2) is 49.3 Å². The summed E-state index contributed by atoms with van der Waals surface area (Å²) in [5.74, 6) is -0.00997. The van der Waals surface area contributed by atoms with Crippen molar-refractivity contribution < 1.29 is 4.39 Å². The number of hydrogen-bond acceptors (Lipinski definition) is 4. The third-order valence-electron chi connectivity index (χ3n) is 2.73. The molecule has 3 aromatic heterocycles. The molecule has 0 saturated carbocycles. The number of pyridine rings is 2.